The van der Waals surface area contributed by atoms with Gasteiger partial charge in [-0.15, -0.1) is 0 Å². The molecule has 1 N–H and O–H groups in total. The molecule has 0 spiro atoms. The van der Waals surface area contributed by atoms with E-state index in [9.17, 15) is 9.59 Å². The van der Waals surface area contributed by atoms with E-state index in [2.05, 4.69) is 21.4 Å². The molecule has 1 saturated heterocycles. The van der Waals surface area contributed by atoms with Crippen molar-refractivity contribution in [1.82, 2.24) is 5.43 Å². The van der Waals surface area contributed by atoms with Crippen molar-refractivity contribution in [3.8, 4) is 17.2 Å². The van der Waals surface area contributed by atoms with Crippen molar-refractivity contribution in [3.63, 3.8) is 0 Å². The lowest BCUT2D eigenvalue weighted by atomic mass is 10.1. The molecule has 1 aliphatic heterocycles. The summed E-state index contributed by atoms with van der Waals surface area (Å²) in [5.74, 6) is 1.01. The summed E-state index contributed by atoms with van der Waals surface area (Å²) in [6, 6.07) is 20.4. The van der Waals surface area contributed by atoms with Gasteiger partial charge in [0.1, 0.15) is 11.3 Å². The molecule has 0 aliphatic carbocycles. The number of nitrogens with one attached hydrogen (secondary N) is 1. The fourth-order valence-corrected chi connectivity index (χ4v) is 4.19. The van der Waals surface area contributed by atoms with Gasteiger partial charge in [0, 0.05) is 6.42 Å². The van der Waals surface area contributed by atoms with E-state index in [1.54, 1.807) is 42.5 Å². The Kier molecular flexibility index (Phi) is 8.28. The molecule has 0 bridgehead atoms. The number of para-hydroxylation sites is 1. The SMILES string of the molecule is CCOc1cc(/C=C2/C(=O)NN(c3ccccc3)C2=O)cc(Br)c1OCCCOc1ccc(C)cc1. The number of nitrogens with zero attached hydrogens (tertiary/aromatic N) is 1. The van der Waals surface area contributed by atoms with Crippen molar-refractivity contribution >= 4 is 39.5 Å². The number of amides is 2. The smallest absolute Gasteiger partial charge is 0.282 e. The number of anilines is 1. The minimum Gasteiger partial charge on any atom is -0.493 e. The number of halogens is 1. The van der Waals surface area contributed by atoms with Gasteiger partial charge in [-0.1, -0.05) is 35.9 Å². The van der Waals surface area contributed by atoms with Crippen LogP contribution in [0.3, 0.4) is 0 Å². The number of aryl methyl sites for hydroxylation is 1. The second-order valence-electron chi connectivity index (χ2n) is 8.10. The zero-order valence-electron chi connectivity index (χ0n) is 20.1. The minimum absolute atomic E-state index is 0.0372. The number of carbonyl (C=O) groups excluding carboxylic acids is 2. The molecule has 2 amide bonds. The Morgan fingerprint density at radius 3 is 2.39 bits per heavy atom. The Balaban J connectivity index is 1.44. The molecule has 0 atom stereocenters. The molecule has 36 heavy (non-hydrogen) atoms. The van der Waals surface area contributed by atoms with Crippen molar-refractivity contribution in [2.45, 2.75) is 20.3 Å². The third-order valence-electron chi connectivity index (χ3n) is 5.37. The van der Waals surface area contributed by atoms with E-state index in [0.29, 0.717) is 53.5 Å². The number of benzene rings is 3. The number of hydrazine groups is 1. The molecule has 3 aromatic carbocycles. The molecular formula is C28H27BrN2O5. The first-order valence-electron chi connectivity index (χ1n) is 11.7. The van der Waals surface area contributed by atoms with Gasteiger partial charge in [0.2, 0.25) is 0 Å². The van der Waals surface area contributed by atoms with Gasteiger partial charge in [0.05, 0.1) is 30.0 Å². The van der Waals surface area contributed by atoms with Crippen LogP contribution in [0.1, 0.15) is 24.5 Å². The molecule has 4 rings (SSSR count). The average Bonchev–Trinajstić information content (AvgIpc) is 3.15. The Hall–Kier alpha value is -3.78. The van der Waals surface area contributed by atoms with Crippen LogP contribution in [0.4, 0.5) is 5.69 Å². The Labute approximate surface area is 218 Å². The van der Waals surface area contributed by atoms with E-state index in [0.717, 1.165) is 5.75 Å². The van der Waals surface area contributed by atoms with E-state index in [-0.39, 0.29) is 5.57 Å². The lowest BCUT2D eigenvalue weighted by Crippen LogP contribution is -2.35. The monoisotopic (exact) mass is 550 g/mol. The Bertz CT molecular complexity index is 1260. The van der Waals surface area contributed by atoms with Crippen molar-refractivity contribution in [3.05, 3.63) is 87.9 Å². The van der Waals surface area contributed by atoms with Crippen LogP contribution in [0.5, 0.6) is 17.2 Å². The van der Waals surface area contributed by atoms with Crippen molar-refractivity contribution < 1.29 is 23.8 Å². The topological polar surface area (TPSA) is 77.1 Å². The predicted molar refractivity (Wildman–Crippen MR) is 142 cm³/mol. The molecule has 0 saturated carbocycles. The molecule has 8 heteroatoms. The lowest BCUT2D eigenvalue weighted by molar-refractivity contribution is -0.117. The number of hydrogen-bond acceptors (Lipinski definition) is 5. The maximum atomic E-state index is 12.9. The second-order valence-corrected chi connectivity index (χ2v) is 8.96. The highest BCUT2D eigenvalue weighted by atomic mass is 79.9. The standard InChI is InChI=1S/C28H27BrN2O5/c1-3-34-25-18-20(16-23-27(32)30-31(28(23)33)21-8-5-4-6-9-21)17-24(29)26(25)36-15-7-14-35-22-12-10-19(2)11-13-22/h4-6,8-13,16-18H,3,7,14-15H2,1-2H3,(H,30,32)/b23-16-. The summed E-state index contributed by atoms with van der Waals surface area (Å²) in [6.07, 6.45) is 2.23. The predicted octanol–water partition coefficient (Wildman–Crippen LogP) is 5.47. The van der Waals surface area contributed by atoms with Crippen LogP contribution in [0, 0.1) is 6.92 Å². The van der Waals surface area contributed by atoms with Gasteiger partial charge in [0.15, 0.2) is 11.5 Å². The third-order valence-corrected chi connectivity index (χ3v) is 5.96. The Morgan fingerprint density at radius 2 is 1.67 bits per heavy atom. The van der Waals surface area contributed by atoms with Gasteiger partial charge >= 0.3 is 0 Å². The molecule has 1 aliphatic rings. The summed E-state index contributed by atoms with van der Waals surface area (Å²) in [6.45, 7) is 5.29. The highest BCUT2D eigenvalue weighted by Crippen LogP contribution is 2.38. The third kappa shape index (κ3) is 6.07. The molecular weight excluding hydrogens is 524 g/mol. The largest absolute Gasteiger partial charge is 0.493 e. The number of rotatable bonds is 10. The van der Waals surface area contributed by atoms with E-state index in [1.807, 2.05) is 44.2 Å². The van der Waals surface area contributed by atoms with Gasteiger partial charge in [-0.2, -0.15) is 0 Å². The molecule has 0 aromatic heterocycles. The summed E-state index contributed by atoms with van der Waals surface area (Å²) >= 11 is 3.55. The van der Waals surface area contributed by atoms with Crippen molar-refractivity contribution in [1.29, 1.82) is 0 Å². The van der Waals surface area contributed by atoms with E-state index < -0.39 is 11.8 Å². The van der Waals surface area contributed by atoms with E-state index >= 15 is 0 Å². The molecule has 7 nitrogen and oxygen atoms in total. The average molecular weight is 551 g/mol. The zero-order chi connectivity index (χ0) is 25.5. The van der Waals surface area contributed by atoms with Crippen LogP contribution in [0.25, 0.3) is 6.08 Å². The maximum Gasteiger partial charge on any atom is 0.282 e. The fourth-order valence-electron chi connectivity index (χ4n) is 3.61. The molecule has 3 aromatic rings. The highest BCUT2D eigenvalue weighted by molar-refractivity contribution is 9.10. The highest BCUT2D eigenvalue weighted by Gasteiger charge is 2.34. The molecule has 1 heterocycles. The zero-order valence-corrected chi connectivity index (χ0v) is 21.7. The summed E-state index contributed by atoms with van der Waals surface area (Å²) in [7, 11) is 0. The van der Waals surface area contributed by atoms with Crippen molar-refractivity contribution in [2.75, 3.05) is 24.8 Å². The lowest BCUT2D eigenvalue weighted by Gasteiger charge is -2.15. The first kappa shape index (κ1) is 25.3. The summed E-state index contributed by atoms with van der Waals surface area (Å²) in [5, 5.41) is 1.24. The van der Waals surface area contributed by atoms with Gasteiger partial charge < -0.3 is 14.2 Å². The van der Waals surface area contributed by atoms with Gasteiger partial charge in [-0.3, -0.25) is 15.0 Å². The van der Waals surface area contributed by atoms with Crippen LogP contribution in [-0.2, 0) is 9.59 Å². The first-order chi connectivity index (χ1) is 17.5. The Morgan fingerprint density at radius 1 is 0.944 bits per heavy atom. The van der Waals surface area contributed by atoms with Gasteiger partial charge in [0.25, 0.3) is 11.8 Å². The summed E-state index contributed by atoms with van der Waals surface area (Å²) < 4.78 is 18.2. The van der Waals surface area contributed by atoms with Crippen LogP contribution >= 0.6 is 15.9 Å². The molecule has 1 fully saturated rings. The van der Waals surface area contributed by atoms with Crippen molar-refractivity contribution in [2.24, 2.45) is 0 Å². The van der Waals surface area contributed by atoms with Gasteiger partial charge in [-0.05, 0) is 77.8 Å². The maximum absolute atomic E-state index is 12.9. The second kappa shape index (κ2) is 11.8. The fraction of sp³-hybridized carbons (Fsp3) is 0.214. The molecule has 0 radical (unpaired) electrons. The first-order valence-corrected chi connectivity index (χ1v) is 12.5. The summed E-state index contributed by atoms with van der Waals surface area (Å²) in [5.41, 5.74) is 5.05. The summed E-state index contributed by atoms with van der Waals surface area (Å²) in [4.78, 5) is 25.4. The van der Waals surface area contributed by atoms with Crippen LogP contribution in [-0.4, -0.2) is 31.6 Å². The number of hydrogen-bond donors (Lipinski definition) is 1. The number of carbonyl (C=O) groups is 2. The van der Waals surface area contributed by atoms with E-state index in [4.69, 9.17) is 14.2 Å². The van der Waals surface area contributed by atoms with Crippen LogP contribution in [0.2, 0.25) is 0 Å². The number of ether oxygens (including phenoxy) is 3. The molecule has 0 unspecified atom stereocenters. The normalized spacial score (nSPS) is 14.2. The van der Waals surface area contributed by atoms with Crippen LogP contribution < -0.4 is 24.6 Å². The molecule has 186 valence electrons. The van der Waals surface area contributed by atoms with Gasteiger partial charge in [-0.25, -0.2) is 5.01 Å². The van der Waals surface area contributed by atoms with E-state index in [1.165, 1.54) is 10.6 Å². The minimum atomic E-state index is -0.466. The quantitative estimate of drug-likeness (QED) is 0.206. The van der Waals surface area contributed by atoms with Crippen LogP contribution in [0.15, 0.2) is 76.8 Å².